The van der Waals surface area contributed by atoms with Gasteiger partial charge in [0.15, 0.2) is 11.2 Å². The third-order valence-corrected chi connectivity index (χ3v) is 5.73. The molecule has 1 atom stereocenters. The first-order valence-corrected chi connectivity index (χ1v) is 10.2. The van der Waals surface area contributed by atoms with Crippen molar-refractivity contribution in [1.29, 1.82) is 0 Å². The van der Waals surface area contributed by atoms with Crippen molar-refractivity contribution in [2.75, 3.05) is 0 Å². The van der Waals surface area contributed by atoms with Crippen LogP contribution < -0.4 is 16.1 Å². The summed E-state index contributed by atoms with van der Waals surface area (Å²) in [5.41, 5.74) is 1.54. The average Bonchev–Trinajstić information content (AvgIpc) is 3.27. The van der Waals surface area contributed by atoms with Gasteiger partial charge < -0.3 is 13.7 Å². The van der Waals surface area contributed by atoms with Crippen LogP contribution >= 0.6 is 0 Å². The van der Waals surface area contributed by atoms with Crippen molar-refractivity contribution in [1.82, 2.24) is 28.9 Å². The molecule has 0 N–H and O–H groups in total. The zero-order valence-corrected chi connectivity index (χ0v) is 17.5. The van der Waals surface area contributed by atoms with Gasteiger partial charge in [-0.2, -0.15) is 4.68 Å². The summed E-state index contributed by atoms with van der Waals surface area (Å²) in [7, 11) is 1.72. The first-order chi connectivity index (χ1) is 15.4. The predicted molar refractivity (Wildman–Crippen MR) is 111 cm³/mol. The number of aryl methyl sites for hydroxylation is 1. The van der Waals surface area contributed by atoms with Crippen LogP contribution in [-0.4, -0.2) is 35.2 Å². The standard InChI is InChI=1S/C21H21FN6O4/c1-12(22)31-16-5-3-13(4-6-16)14-7-15(8-14)28-21(30)32-17(25-28)9-27-11-24-19-18(20(27)29)26(2)10-23-19/h3-6,10-12,14-15H,7-9H2,1-2H3. The Bertz CT molecular complexity index is 1380. The van der Waals surface area contributed by atoms with E-state index in [2.05, 4.69) is 15.1 Å². The maximum Gasteiger partial charge on any atom is 0.437 e. The summed E-state index contributed by atoms with van der Waals surface area (Å²) in [6, 6.07) is 7.21. The molecule has 1 aromatic carbocycles. The highest BCUT2D eigenvalue weighted by Gasteiger charge is 2.34. The number of nitrogens with zero attached hydrogens (tertiary/aromatic N) is 6. The lowest BCUT2D eigenvalue weighted by Gasteiger charge is -2.34. The molecule has 1 saturated carbocycles. The van der Waals surface area contributed by atoms with Gasteiger partial charge in [-0.05, 0) is 36.5 Å². The molecule has 0 bridgehead atoms. The zero-order chi connectivity index (χ0) is 22.4. The van der Waals surface area contributed by atoms with Crippen LogP contribution in [0.4, 0.5) is 4.39 Å². The van der Waals surface area contributed by atoms with Crippen molar-refractivity contribution in [2.45, 2.75) is 44.6 Å². The molecule has 0 amide bonds. The van der Waals surface area contributed by atoms with Gasteiger partial charge in [0.05, 0.1) is 12.4 Å². The fourth-order valence-corrected chi connectivity index (χ4v) is 4.02. The number of hydrogen-bond donors (Lipinski definition) is 0. The highest BCUT2D eigenvalue weighted by Crippen LogP contribution is 2.44. The molecule has 1 unspecified atom stereocenters. The number of aromatic nitrogens is 6. The Morgan fingerprint density at radius 2 is 1.91 bits per heavy atom. The van der Waals surface area contributed by atoms with Crippen molar-refractivity contribution in [3.8, 4) is 5.75 Å². The second kappa shape index (κ2) is 7.74. The van der Waals surface area contributed by atoms with Crippen molar-refractivity contribution >= 4 is 11.2 Å². The second-order valence-corrected chi connectivity index (χ2v) is 7.96. The maximum absolute atomic E-state index is 12.9. The monoisotopic (exact) mass is 440 g/mol. The predicted octanol–water partition coefficient (Wildman–Crippen LogP) is 2.14. The number of fused-ring (bicyclic) bond motifs is 1. The summed E-state index contributed by atoms with van der Waals surface area (Å²) in [6.45, 7) is 1.33. The molecule has 0 spiro atoms. The third-order valence-electron chi connectivity index (χ3n) is 5.73. The van der Waals surface area contributed by atoms with Crippen LogP contribution in [0, 0.1) is 0 Å². The van der Waals surface area contributed by atoms with Gasteiger partial charge in [0.2, 0.25) is 12.2 Å². The molecule has 3 heterocycles. The van der Waals surface area contributed by atoms with E-state index in [1.807, 2.05) is 12.1 Å². The van der Waals surface area contributed by atoms with E-state index in [1.165, 1.54) is 28.8 Å². The number of hydrogen-bond acceptors (Lipinski definition) is 7. The Hall–Kier alpha value is -3.76. The summed E-state index contributed by atoms with van der Waals surface area (Å²) >= 11 is 0. The van der Waals surface area contributed by atoms with Gasteiger partial charge >= 0.3 is 5.76 Å². The highest BCUT2D eigenvalue weighted by molar-refractivity contribution is 5.68. The molecule has 4 aromatic rings. The van der Waals surface area contributed by atoms with Crippen molar-refractivity contribution < 1.29 is 13.5 Å². The number of ether oxygens (including phenoxy) is 1. The van der Waals surface area contributed by atoms with Crippen molar-refractivity contribution in [2.24, 2.45) is 7.05 Å². The Morgan fingerprint density at radius 3 is 2.62 bits per heavy atom. The van der Waals surface area contributed by atoms with E-state index in [0.29, 0.717) is 16.9 Å². The molecule has 1 aliphatic rings. The minimum atomic E-state index is -1.36. The Kier molecular flexibility index (Phi) is 4.87. The molecule has 32 heavy (non-hydrogen) atoms. The van der Waals surface area contributed by atoms with Crippen molar-refractivity contribution in [3.63, 3.8) is 0 Å². The molecular formula is C21H21FN6O4. The smallest absolute Gasteiger partial charge is 0.437 e. The third kappa shape index (κ3) is 3.59. The fraction of sp³-hybridized carbons (Fsp3) is 0.381. The lowest BCUT2D eigenvalue weighted by Crippen LogP contribution is -2.31. The zero-order valence-electron chi connectivity index (χ0n) is 17.5. The van der Waals surface area contributed by atoms with Gasteiger partial charge in [-0.15, -0.1) is 5.10 Å². The van der Waals surface area contributed by atoms with E-state index in [4.69, 9.17) is 9.15 Å². The molecule has 1 aliphatic carbocycles. The summed E-state index contributed by atoms with van der Waals surface area (Å²) < 4.78 is 27.5. The van der Waals surface area contributed by atoms with Crippen LogP contribution in [0.1, 0.15) is 43.2 Å². The van der Waals surface area contributed by atoms with E-state index in [-0.39, 0.29) is 30.0 Å². The summed E-state index contributed by atoms with van der Waals surface area (Å²) in [6.07, 6.45) is 2.99. The molecule has 0 radical (unpaired) electrons. The molecule has 10 nitrogen and oxygen atoms in total. The fourth-order valence-electron chi connectivity index (χ4n) is 4.02. The maximum atomic E-state index is 12.9. The summed E-state index contributed by atoms with van der Waals surface area (Å²) in [4.78, 5) is 33.2. The van der Waals surface area contributed by atoms with Gasteiger partial charge in [0, 0.05) is 14.0 Å². The van der Waals surface area contributed by atoms with Gasteiger partial charge in [0.1, 0.15) is 18.6 Å². The van der Waals surface area contributed by atoms with E-state index >= 15 is 0 Å². The molecule has 166 valence electrons. The van der Waals surface area contributed by atoms with E-state index in [9.17, 15) is 14.0 Å². The lowest BCUT2D eigenvalue weighted by molar-refractivity contribution is 0.0860. The number of imidazole rings is 1. The molecule has 3 aromatic heterocycles. The van der Waals surface area contributed by atoms with Gasteiger partial charge in [-0.25, -0.2) is 19.2 Å². The summed E-state index contributed by atoms with van der Waals surface area (Å²) in [5, 5.41) is 4.30. The van der Waals surface area contributed by atoms with E-state index in [0.717, 1.165) is 18.4 Å². The molecule has 0 aliphatic heterocycles. The molecule has 11 heteroatoms. The van der Waals surface area contributed by atoms with Gasteiger partial charge in [0.25, 0.3) is 5.56 Å². The Balaban J connectivity index is 1.28. The van der Waals surface area contributed by atoms with Crippen LogP contribution in [0.25, 0.3) is 11.2 Å². The highest BCUT2D eigenvalue weighted by atomic mass is 19.1. The van der Waals surface area contributed by atoms with E-state index in [1.54, 1.807) is 23.7 Å². The average molecular weight is 440 g/mol. The number of benzene rings is 1. The van der Waals surface area contributed by atoms with Gasteiger partial charge in [-0.3, -0.25) is 9.36 Å². The first-order valence-electron chi connectivity index (χ1n) is 10.2. The second-order valence-electron chi connectivity index (χ2n) is 7.96. The van der Waals surface area contributed by atoms with Crippen LogP contribution in [0.5, 0.6) is 5.75 Å². The summed E-state index contributed by atoms with van der Waals surface area (Å²) in [5.74, 6) is 0.339. The number of rotatable bonds is 6. The Morgan fingerprint density at radius 1 is 1.19 bits per heavy atom. The largest absolute Gasteiger partial charge is 0.461 e. The van der Waals surface area contributed by atoms with Crippen molar-refractivity contribution in [3.05, 3.63) is 69.3 Å². The molecular weight excluding hydrogens is 419 g/mol. The number of alkyl halides is 1. The molecule has 1 fully saturated rings. The Labute approximate surface area is 180 Å². The minimum absolute atomic E-state index is 0.000200. The van der Waals surface area contributed by atoms with Crippen LogP contribution in [0.2, 0.25) is 0 Å². The SMILES string of the molecule is CC(F)Oc1ccc(C2CC(n3nc(Cn4cnc5ncn(C)c5c4=O)oc3=O)C2)cc1. The molecule has 5 rings (SSSR count). The van der Waals surface area contributed by atoms with Gasteiger partial charge in [-0.1, -0.05) is 12.1 Å². The minimum Gasteiger partial charge on any atom is -0.461 e. The first kappa shape index (κ1) is 20.2. The normalized spacial score (nSPS) is 19.1. The number of halogens is 1. The van der Waals surface area contributed by atoms with Crippen LogP contribution in [0.15, 0.2) is 50.9 Å². The van der Waals surface area contributed by atoms with E-state index < -0.39 is 12.1 Å². The molecule has 0 saturated heterocycles. The quantitative estimate of drug-likeness (QED) is 0.452. The topological polar surface area (TPSA) is 110 Å². The van der Waals surface area contributed by atoms with Crippen LogP contribution in [0.3, 0.4) is 0 Å². The lowest BCUT2D eigenvalue weighted by atomic mass is 9.76. The van der Waals surface area contributed by atoms with Crippen LogP contribution in [-0.2, 0) is 13.6 Å².